The van der Waals surface area contributed by atoms with E-state index in [1.165, 1.54) is 6.07 Å². The van der Waals surface area contributed by atoms with E-state index in [2.05, 4.69) is 20.6 Å². The number of rotatable bonds is 4. The quantitative estimate of drug-likeness (QED) is 0.459. The maximum atomic E-state index is 13.5. The van der Waals surface area contributed by atoms with Crippen molar-refractivity contribution in [3.63, 3.8) is 0 Å². The number of aromatic nitrogens is 1. The lowest BCUT2D eigenvalue weighted by atomic mass is 10.1. The van der Waals surface area contributed by atoms with Gasteiger partial charge in [0, 0.05) is 13.2 Å². The first kappa shape index (κ1) is 18.3. The third-order valence-corrected chi connectivity index (χ3v) is 3.13. The molecule has 0 aliphatic heterocycles. The Kier molecular flexibility index (Phi) is 7.79. The van der Waals surface area contributed by atoms with Crippen LogP contribution in [0.15, 0.2) is 53.7 Å². The van der Waals surface area contributed by atoms with Crippen LogP contribution in [0.1, 0.15) is 24.2 Å². The molecule has 118 valence electrons. The number of nitrogens with zero attached hydrogens (tertiary/aromatic N) is 2. The van der Waals surface area contributed by atoms with Gasteiger partial charge in [0.05, 0.1) is 18.3 Å². The third kappa shape index (κ3) is 5.25. The average Bonchev–Trinajstić information content (AvgIpc) is 2.53. The first-order chi connectivity index (χ1) is 10.2. The van der Waals surface area contributed by atoms with Crippen LogP contribution in [0.25, 0.3) is 0 Å². The largest absolute Gasteiger partial charge is 0.351 e. The Morgan fingerprint density at radius 3 is 2.59 bits per heavy atom. The fourth-order valence-corrected chi connectivity index (χ4v) is 1.94. The summed E-state index contributed by atoms with van der Waals surface area (Å²) in [7, 11) is 1.68. The minimum Gasteiger partial charge on any atom is -0.351 e. The second-order valence-electron chi connectivity index (χ2n) is 4.63. The SMILES string of the molecule is CN=C(NCc1ncccc1F)NC(C)c1ccccc1.I. The minimum atomic E-state index is -0.323. The van der Waals surface area contributed by atoms with Gasteiger partial charge in [-0.25, -0.2) is 4.39 Å². The van der Waals surface area contributed by atoms with Crippen molar-refractivity contribution in [1.29, 1.82) is 0 Å². The molecule has 2 aromatic rings. The number of nitrogens with one attached hydrogen (secondary N) is 2. The van der Waals surface area contributed by atoms with Gasteiger partial charge in [-0.2, -0.15) is 0 Å². The highest BCUT2D eigenvalue weighted by atomic mass is 127. The van der Waals surface area contributed by atoms with Crippen molar-refractivity contribution >= 4 is 29.9 Å². The summed E-state index contributed by atoms with van der Waals surface area (Å²) in [6, 6.07) is 13.1. The van der Waals surface area contributed by atoms with E-state index in [0.29, 0.717) is 11.7 Å². The van der Waals surface area contributed by atoms with Gasteiger partial charge in [0.2, 0.25) is 0 Å². The molecule has 2 rings (SSSR count). The Balaban J connectivity index is 0.00000242. The summed E-state index contributed by atoms with van der Waals surface area (Å²) in [6.45, 7) is 2.33. The van der Waals surface area contributed by atoms with Crippen LogP contribution in [0, 0.1) is 5.82 Å². The molecule has 0 bridgehead atoms. The summed E-state index contributed by atoms with van der Waals surface area (Å²) in [4.78, 5) is 8.14. The molecule has 1 aromatic heterocycles. The summed E-state index contributed by atoms with van der Waals surface area (Å²) in [5, 5.41) is 6.32. The second-order valence-corrected chi connectivity index (χ2v) is 4.63. The molecule has 0 aliphatic rings. The zero-order chi connectivity index (χ0) is 15.1. The van der Waals surface area contributed by atoms with Crippen LogP contribution in [-0.2, 0) is 6.54 Å². The summed E-state index contributed by atoms with van der Waals surface area (Å²) >= 11 is 0. The highest BCUT2D eigenvalue weighted by molar-refractivity contribution is 14.0. The minimum absolute atomic E-state index is 0. The summed E-state index contributed by atoms with van der Waals surface area (Å²) in [5.41, 5.74) is 1.53. The maximum absolute atomic E-state index is 13.5. The predicted molar refractivity (Wildman–Crippen MR) is 97.8 cm³/mol. The maximum Gasteiger partial charge on any atom is 0.191 e. The lowest BCUT2D eigenvalue weighted by Gasteiger charge is -2.18. The van der Waals surface area contributed by atoms with Crippen molar-refractivity contribution in [3.05, 3.63) is 65.7 Å². The van der Waals surface area contributed by atoms with E-state index in [0.717, 1.165) is 5.56 Å². The molecule has 0 spiro atoms. The molecule has 0 fully saturated rings. The van der Waals surface area contributed by atoms with E-state index < -0.39 is 0 Å². The van der Waals surface area contributed by atoms with Gasteiger partial charge in [0.15, 0.2) is 5.96 Å². The Morgan fingerprint density at radius 1 is 1.23 bits per heavy atom. The Bertz CT molecular complexity index is 604. The normalized spacial score (nSPS) is 12.2. The van der Waals surface area contributed by atoms with Crippen molar-refractivity contribution < 1.29 is 4.39 Å². The topological polar surface area (TPSA) is 49.3 Å². The van der Waals surface area contributed by atoms with Gasteiger partial charge in [-0.15, -0.1) is 24.0 Å². The fourth-order valence-electron chi connectivity index (χ4n) is 1.94. The Morgan fingerprint density at radius 2 is 1.95 bits per heavy atom. The fraction of sp³-hybridized carbons (Fsp3) is 0.250. The number of halogens is 2. The second kappa shape index (κ2) is 9.34. The molecule has 1 heterocycles. The van der Waals surface area contributed by atoms with Crippen molar-refractivity contribution in [1.82, 2.24) is 15.6 Å². The molecule has 1 unspecified atom stereocenters. The molecule has 0 saturated carbocycles. The monoisotopic (exact) mass is 414 g/mol. The predicted octanol–water partition coefficient (Wildman–Crippen LogP) is 3.26. The molecule has 2 N–H and O–H groups in total. The molecule has 1 aromatic carbocycles. The number of benzene rings is 1. The number of aliphatic imine (C=N–C) groups is 1. The van der Waals surface area contributed by atoms with E-state index in [9.17, 15) is 4.39 Å². The first-order valence-electron chi connectivity index (χ1n) is 6.82. The lowest BCUT2D eigenvalue weighted by Crippen LogP contribution is -2.38. The van der Waals surface area contributed by atoms with Crippen molar-refractivity contribution in [2.45, 2.75) is 19.5 Å². The van der Waals surface area contributed by atoms with Gasteiger partial charge in [-0.05, 0) is 24.6 Å². The smallest absolute Gasteiger partial charge is 0.191 e. The molecule has 6 heteroatoms. The van der Waals surface area contributed by atoms with E-state index >= 15 is 0 Å². The van der Waals surface area contributed by atoms with Gasteiger partial charge in [-0.1, -0.05) is 30.3 Å². The van der Waals surface area contributed by atoms with Gasteiger partial charge in [-0.3, -0.25) is 9.98 Å². The molecule has 4 nitrogen and oxygen atoms in total. The van der Waals surface area contributed by atoms with Crippen LogP contribution in [0.2, 0.25) is 0 Å². The van der Waals surface area contributed by atoms with Crippen LogP contribution in [0.5, 0.6) is 0 Å². The summed E-state index contributed by atoms with van der Waals surface area (Å²) in [6.07, 6.45) is 1.57. The van der Waals surface area contributed by atoms with Crippen molar-refractivity contribution in [2.75, 3.05) is 7.05 Å². The molecule has 1 atom stereocenters. The number of hydrogen-bond donors (Lipinski definition) is 2. The highest BCUT2D eigenvalue weighted by Crippen LogP contribution is 2.10. The summed E-state index contributed by atoms with van der Waals surface area (Å²) in [5.74, 6) is 0.285. The molecule has 0 radical (unpaired) electrons. The van der Waals surface area contributed by atoms with Crippen molar-refractivity contribution in [2.24, 2.45) is 4.99 Å². The van der Waals surface area contributed by atoms with Crippen LogP contribution in [0.3, 0.4) is 0 Å². The number of pyridine rings is 1. The van der Waals surface area contributed by atoms with Crippen LogP contribution >= 0.6 is 24.0 Å². The van der Waals surface area contributed by atoms with E-state index in [-0.39, 0.29) is 42.4 Å². The van der Waals surface area contributed by atoms with Crippen LogP contribution in [-0.4, -0.2) is 18.0 Å². The van der Waals surface area contributed by atoms with Gasteiger partial charge < -0.3 is 10.6 Å². The number of hydrogen-bond acceptors (Lipinski definition) is 2. The molecular weight excluding hydrogens is 394 g/mol. The van der Waals surface area contributed by atoms with Crippen molar-refractivity contribution in [3.8, 4) is 0 Å². The van der Waals surface area contributed by atoms with E-state index in [1.807, 2.05) is 37.3 Å². The first-order valence-corrected chi connectivity index (χ1v) is 6.82. The molecular formula is C16H20FIN4. The Labute approximate surface area is 147 Å². The van der Waals surface area contributed by atoms with Gasteiger partial charge in [0.25, 0.3) is 0 Å². The Hall–Kier alpha value is -1.70. The molecule has 0 amide bonds. The van der Waals surface area contributed by atoms with Gasteiger partial charge >= 0.3 is 0 Å². The summed E-state index contributed by atoms with van der Waals surface area (Å²) < 4.78 is 13.5. The number of guanidine groups is 1. The standard InChI is InChI=1S/C16H19FN4.HI/c1-12(13-7-4-3-5-8-13)21-16(18-2)20-11-15-14(17)9-6-10-19-15;/h3-10,12H,11H2,1-2H3,(H2,18,20,21);1H. The van der Waals surface area contributed by atoms with Crippen LogP contribution < -0.4 is 10.6 Å². The molecule has 0 aliphatic carbocycles. The molecule has 22 heavy (non-hydrogen) atoms. The van der Waals surface area contributed by atoms with Crippen LogP contribution in [0.4, 0.5) is 4.39 Å². The average molecular weight is 414 g/mol. The van der Waals surface area contributed by atoms with E-state index in [4.69, 9.17) is 0 Å². The zero-order valence-corrected chi connectivity index (χ0v) is 14.9. The highest BCUT2D eigenvalue weighted by Gasteiger charge is 2.08. The zero-order valence-electron chi connectivity index (χ0n) is 12.6. The third-order valence-electron chi connectivity index (χ3n) is 3.13. The van der Waals surface area contributed by atoms with Gasteiger partial charge in [0.1, 0.15) is 5.82 Å². The van der Waals surface area contributed by atoms with E-state index in [1.54, 1.807) is 19.3 Å². The molecule has 0 saturated heterocycles. The lowest BCUT2D eigenvalue weighted by molar-refractivity contribution is 0.590.